The molecule has 0 aromatic carbocycles. The number of carbonyl (C=O) groups excluding carboxylic acids is 1. The number of oxime groups is 1. The molecule has 4 nitrogen and oxygen atoms in total. The fraction of sp³-hybridized carbons (Fsp3) is 0.250. The quantitative estimate of drug-likeness (QED) is 0.576. The summed E-state index contributed by atoms with van der Waals surface area (Å²) in [6, 6.07) is 0. The van der Waals surface area contributed by atoms with Crippen molar-refractivity contribution in [1.29, 1.82) is 0 Å². The first-order valence-corrected chi connectivity index (χ1v) is 3.58. The maximum absolute atomic E-state index is 11.0. The lowest BCUT2D eigenvalue weighted by molar-refractivity contribution is -0.135. The van der Waals surface area contributed by atoms with Crippen LogP contribution < -0.4 is 0 Å². The second kappa shape index (κ2) is 4.33. The molecule has 0 spiro atoms. The van der Waals surface area contributed by atoms with Gasteiger partial charge in [-0.3, -0.25) is 0 Å². The van der Waals surface area contributed by atoms with Crippen molar-refractivity contribution in [3.8, 4) is 0 Å². The normalized spacial score (nSPS) is 14.6. The number of rotatable bonds is 2. The summed E-state index contributed by atoms with van der Waals surface area (Å²) in [6.45, 7) is 2.07. The highest BCUT2D eigenvalue weighted by molar-refractivity contribution is 6.41. The highest BCUT2D eigenvalue weighted by Gasteiger charge is 2.09. The van der Waals surface area contributed by atoms with E-state index in [1.807, 2.05) is 0 Å². The maximum Gasteiger partial charge on any atom is 0.360 e. The van der Waals surface area contributed by atoms with Gasteiger partial charge in [0, 0.05) is 0 Å². The van der Waals surface area contributed by atoms with Crippen LogP contribution in [-0.4, -0.2) is 18.3 Å². The van der Waals surface area contributed by atoms with Crippen LogP contribution in [-0.2, 0) is 14.4 Å². The van der Waals surface area contributed by atoms with E-state index in [0.29, 0.717) is 6.61 Å². The Labute approximate surface area is 70.1 Å². The molecule has 0 N–H and O–H groups in total. The predicted molar refractivity (Wildman–Crippen MR) is 43.4 cm³/mol. The molecule has 0 saturated heterocycles. The monoisotopic (exact) mass is 167 g/mol. The number of esters is 1. The third kappa shape index (κ3) is 2.23. The molecule has 1 heterocycles. The Hall–Kier alpha value is -1.58. The van der Waals surface area contributed by atoms with E-state index in [2.05, 4.69) is 9.99 Å². The summed E-state index contributed by atoms with van der Waals surface area (Å²) in [5, 5.41) is 3.51. The Balaban J connectivity index is 2.62. The van der Waals surface area contributed by atoms with Gasteiger partial charge in [-0.25, -0.2) is 4.79 Å². The van der Waals surface area contributed by atoms with Crippen LogP contribution in [0.1, 0.15) is 6.92 Å². The molecular weight excluding hydrogens is 158 g/mol. The van der Waals surface area contributed by atoms with E-state index in [0.717, 1.165) is 0 Å². The molecule has 12 heavy (non-hydrogen) atoms. The van der Waals surface area contributed by atoms with Crippen LogP contribution in [0.5, 0.6) is 0 Å². The Bertz CT molecular complexity index is 253. The van der Waals surface area contributed by atoms with Crippen LogP contribution >= 0.6 is 0 Å². The maximum atomic E-state index is 11.0. The first kappa shape index (κ1) is 8.52. The van der Waals surface area contributed by atoms with E-state index >= 15 is 0 Å². The first-order valence-electron chi connectivity index (χ1n) is 3.58. The molecule has 0 radical (unpaired) electrons. The largest absolute Gasteiger partial charge is 0.461 e. The molecule has 0 aliphatic carbocycles. The lowest BCUT2D eigenvalue weighted by Gasteiger charge is -1.98. The van der Waals surface area contributed by atoms with Gasteiger partial charge in [-0.05, 0) is 19.1 Å². The average Bonchev–Trinajstić information content (AvgIpc) is 2.32. The zero-order chi connectivity index (χ0) is 8.81. The van der Waals surface area contributed by atoms with Gasteiger partial charge in [0.2, 0.25) is 0 Å². The molecule has 0 fully saturated rings. The van der Waals surface area contributed by atoms with E-state index in [1.54, 1.807) is 19.1 Å². The minimum Gasteiger partial charge on any atom is -0.461 e. The zero-order valence-electron chi connectivity index (χ0n) is 6.69. The standard InChI is InChI=1S/C8H9NO3/c1-2-11-8(10)7-5-3-4-6-12-9-7/h3-6H,2H2,1H3. The molecule has 0 bridgehead atoms. The summed E-state index contributed by atoms with van der Waals surface area (Å²) >= 11 is 0. The fourth-order valence-electron chi connectivity index (χ4n) is 0.655. The zero-order valence-corrected chi connectivity index (χ0v) is 6.69. The number of hydrogen-bond donors (Lipinski definition) is 0. The number of hydrogen-bond acceptors (Lipinski definition) is 4. The number of ether oxygens (including phenoxy) is 1. The first-order chi connectivity index (χ1) is 5.84. The molecule has 4 heteroatoms. The van der Waals surface area contributed by atoms with Crippen LogP contribution in [0.15, 0.2) is 29.6 Å². The van der Waals surface area contributed by atoms with Crippen molar-refractivity contribution in [3.05, 3.63) is 24.5 Å². The van der Waals surface area contributed by atoms with E-state index in [-0.39, 0.29) is 5.71 Å². The van der Waals surface area contributed by atoms with Gasteiger partial charge in [0.15, 0.2) is 5.71 Å². The Morgan fingerprint density at radius 3 is 3.25 bits per heavy atom. The molecule has 1 rings (SSSR count). The lowest BCUT2D eigenvalue weighted by Crippen LogP contribution is -2.15. The summed E-state index contributed by atoms with van der Waals surface area (Å²) < 4.78 is 4.71. The van der Waals surface area contributed by atoms with Gasteiger partial charge in [-0.1, -0.05) is 11.2 Å². The average molecular weight is 167 g/mol. The Morgan fingerprint density at radius 2 is 2.50 bits per heavy atom. The summed E-state index contributed by atoms with van der Waals surface area (Å²) in [4.78, 5) is 15.7. The second-order valence-corrected chi connectivity index (χ2v) is 1.99. The Morgan fingerprint density at radius 1 is 1.67 bits per heavy atom. The van der Waals surface area contributed by atoms with Crippen LogP contribution in [0.25, 0.3) is 0 Å². The topological polar surface area (TPSA) is 47.9 Å². The number of nitrogens with zero attached hydrogens (tertiary/aromatic N) is 1. The number of allylic oxidation sites excluding steroid dienone is 2. The summed E-state index contributed by atoms with van der Waals surface area (Å²) in [6.07, 6.45) is 6.20. The molecule has 0 saturated carbocycles. The minimum absolute atomic E-state index is 0.168. The van der Waals surface area contributed by atoms with Gasteiger partial charge >= 0.3 is 5.97 Å². The van der Waals surface area contributed by atoms with Crippen LogP contribution in [0.2, 0.25) is 0 Å². The van der Waals surface area contributed by atoms with Gasteiger partial charge in [-0.2, -0.15) is 0 Å². The highest BCUT2D eigenvalue weighted by atomic mass is 16.6. The molecule has 0 aromatic heterocycles. The molecular formula is C8H9NO3. The van der Waals surface area contributed by atoms with E-state index < -0.39 is 5.97 Å². The summed E-state index contributed by atoms with van der Waals surface area (Å²) in [7, 11) is 0. The van der Waals surface area contributed by atoms with Crippen LogP contribution in [0, 0.1) is 0 Å². The summed E-state index contributed by atoms with van der Waals surface area (Å²) in [5.74, 6) is -0.475. The molecule has 0 atom stereocenters. The van der Waals surface area contributed by atoms with Crippen molar-refractivity contribution in [2.45, 2.75) is 6.92 Å². The minimum atomic E-state index is -0.475. The van der Waals surface area contributed by atoms with Gasteiger partial charge in [0.1, 0.15) is 6.26 Å². The van der Waals surface area contributed by atoms with Crippen LogP contribution in [0.4, 0.5) is 0 Å². The summed E-state index contributed by atoms with van der Waals surface area (Å²) in [5.41, 5.74) is 0.168. The van der Waals surface area contributed by atoms with Gasteiger partial charge in [-0.15, -0.1) is 0 Å². The molecule has 0 aromatic rings. The van der Waals surface area contributed by atoms with Gasteiger partial charge < -0.3 is 9.57 Å². The molecule has 1 aliphatic heterocycles. The third-order valence-electron chi connectivity index (χ3n) is 1.14. The molecule has 0 amide bonds. The number of carbonyl (C=O) groups is 1. The van der Waals surface area contributed by atoms with Crippen LogP contribution in [0.3, 0.4) is 0 Å². The Kier molecular flexibility index (Phi) is 3.07. The molecule has 64 valence electrons. The van der Waals surface area contributed by atoms with Crippen molar-refractivity contribution in [2.75, 3.05) is 6.61 Å². The fourth-order valence-corrected chi connectivity index (χ4v) is 0.655. The highest BCUT2D eigenvalue weighted by Crippen LogP contribution is 1.95. The van der Waals surface area contributed by atoms with Gasteiger partial charge in [0.05, 0.1) is 6.61 Å². The van der Waals surface area contributed by atoms with Crippen molar-refractivity contribution < 1.29 is 14.4 Å². The van der Waals surface area contributed by atoms with Crippen molar-refractivity contribution >= 4 is 11.7 Å². The SMILES string of the molecule is CCOC(=O)C1=NOC=CC=C1. The smallest absolute Gasteiger partial charge is 0.360 e. The van der Waals surface area contributed by atoms with E-state index in [4.69, 9.17) is 4.74 Å². The lowest BCUT2D eigenvalue weighted by atomic mass is 10.3. The van der Waals surface area contributed by atoms with Crippen molar-refractivity contribution in [1.82, 2.24) is 0 Å². The van der Waals surface area contributed by atoms with Crippen molar-refractivity contribution in [2.24, 2.45) is 5.16 Å². The second-order valence-electron chi connectivity index (χ2n) is 1.99. The van der Waals surface area contributed by atoms with E-state index in [1.165, 1.54) is 12.3 Å². The van der Waals surface area contributed by atoms with Crippen molar-refractivity contribution in [3.63, 3.8) is 0 Å². The molecule has 1 aliphatic rings. The third-order valence-corrected chi connectivity index (χ3v) is 1.14. The molecule has 0 unspecified atom stereocenters. The van der Waals surface area contributed by atoms with E-state index in [9.17, 15) is 4.79 Å². The predicted octanol–water partition coefficient (Wildman–Crippen LogP) is 1.01. The van der Waals surface area contributed by atoms with Gasteiger partial charge in [0.25, 0.3) is 0 Å².